The smallest absolute Gasteiger partial charge is 0.351 e. The van der Waals surface area contributed by atoms with Crippen LogP contribution in [0, 0.1) is 0 Å². The molecule has 5 rings (SSSR count). The van der Waals surface area contributed by atoms with Gasteiger partial charge < -0.3 is 23.7 Å². The number of hydrogen-bond donors (Lipinski definition) is 0. The van der Waals surface area contributed by atoms with Gasteiger partial charge in [0.25, 0.3) is 0 Å². The highest BCUT2D eigenvalue weighted by Gasteiger charge is 2.30. The van der Waals surface area contributed by atoms with Crippen molar-refractivity contribution >= 4 is 21.9 Å². The summed E-state index contributed by atoms with van der Waals surface area (Å²) in [5.74, 6) is 1.33. The van der Waals surface area contributed by atoms with E-state index in [1.165, 1.54) is 0 Å². The van der Waals surface area contributed by atoms with Crippen molar-refractivity contribution in [2.75, 3.05) is 6.61 Å². The van der Waals surface area contributed by atoms with Gasteiger partial charge in [-0.15, -0.1) is 0 Å². The van der Waals surface area contributed by atoms with Crippen molar-refractivity contribution < 1.29 is 28.5 Å². The van der Waals surface area contributed by atoms with E-state index in [2.05, 4.69) is 15.9 Å². The molecule has 2 heterocycles. The summed E-state index contributed by atoms with van der Waals surface area (Å²) < 4.78 is 29.8. The van der Waals surface area contributed by atoms with Gasteiger partial charge in [-0.3, -0.25) is 0 Å². The third-order valence-electron chi connectivity index (χ3n) is 5.04. The monoisotopic (exact) mass is 482 g/mol. The summed E-state index contributed by atoms with van der Waals surface area (Å²) in [4.78, 5) is 12.6. The molecule has 0 saturated heterocycles. The topological polar surface area (TPSA) is 63.2 Å². The van der Waals surface area contributed by atoms with Gasteiger partial charge in [0, 0.05) is 21.2 Å². The van der Waals surface area contributed by atoms with Crippen LogP contribution in [0.5, 0.6) is 17.2 Å². The number of rotatable bonds is 4. The molecule has 158 valence electrons. The van der Waals surface area contributed by atoms with Crippen LogP contribution in [0.4, 0.5) is 0 Å². The highest BCUT2D eigenvalue weighted by atomic mass is 79.9. The number of benzene rings is 3. The van der Waals surface area contributed by atoms with E-state index < -0.39 is 18.4 Å². The molecule has 0 aromatic heterocycles. The minimum Gasteiger partial charge on any atom is -0.485 e. The molecule has 0 bridgehead atoms. The van der Waals surface area contributed by atoms with Gasteiger partial charge in [-0.25, -0.2) is 4.79 Å². The van der Waals surface area contributed by atoms with Gasteiger partial charge in [0.05, 0.1) is 6.61 Å². The van der Waals surface area contributed by atoms with Crippen LogP contribution < -0.4 is 14.2 Å². The van der Waals surface area contributed by atoms with E-state index in [9.17, 15) is 4.79 Å². The lowest BCUT2D eigenvalue weighted by molar-refractivity contribution is -0.156. The first-order valence-electron chi connectivity index (χ1n) is 9.87. The van der Waals surface area contributed by atoms with Gasteiger partial charge in [-0.2, -0.15) is 0 Å². The molecule has 0 spiro atoms. The second-order valence-corrected chi connectivity index (χ2v) is 8.11. The molecule has 3 aromatic rings. The number of carbonyl (C=O) groups is 1. The second kappa shape index (κ2) is 8.61. The van der Waals surface area contributed by atoms with Crippen LogP contribution in [-0.2, 0) is 27.5 Å². The molecule has 2 unspecified atom stereocenters. The van der Waals surface area contributed by atoms with Crippen LogP contribution in [0.1, 0.15) is 23.0 Å². The SMILES string of the molecule is O=C(OCc1cc(Br)cc2c1OC(c1ccccc1)OC2)C1COc2ccccc2O1. The van der Waals surface area contributed by atoms with E-state index in [4.69, 9.17) is 23.7 Å². The number of para-hydroxylation sites is 2. The van der Waals surface area contributed by atoms with Crippen molar-refractivity contribution in [1.82, 2.24) is 0 Å². The van der Waals surface area contributed by atoms with Crippen molar-refractivity contribution in [3.8, 4) is 17.2 Å². The number of hydrogen-bond acceptors (Lipinski definition) is 6. The largest absolute Gasteiger partial charge is 0.485 e. The molecule has 2 aliphatic heterocycles. The lowest BCUT2D eigenvalue weighted by Crippen LogP contribution is -2.37. The summed E-state index contributed by atoms with van der Waals surface area (Å²) in [6, 6.07) is 20.8. The summed E-state index contributed by atoms with van der Waals surface area (Å²) in [6.07, 6.45) is -1.34. The molecular formula is C24H19BrO6. The van der Waals surface area contributed by atoms with Gasteiger partial charge >= 0.3 is 5.97 Å². The molecule has 0 N–H and O–H groups in total. The Balaban J connectivity index is 1.30. The van der Waals surface area contributed by atoms with Crippen LogP contribution >= 0.6 is 15.9 Å². The van der Waals surface area contributed by atoms with Crippen molar-refractivity contribution in [3.63, 3.8) is 0 Å². The molecule has 2 aliphatic rings. The highest BCUT2D eigenvalue weighted by molar-refractivity contribution is 9.10. The van der Waals surface area contributed by atoms with Gasteiger partial charge in [0.1, 0.15) is 19.0 Å². The quantitative estimate of drug-likeness (QED) is 0.490. The number of halogens is 1. The average Bonchev–Trinajstić information content (AvgIpc) is 2.82. The van der Waals surface area contributed by atoms with Crippen LogP contribution in [0.15, 0.2) is 71.2 Å². The molecule has 0 aliphatic carbocycles. The molecule has 2 atom stereocenters. The predicted octanol–water partition coefficient (Wildman–Crippen LogP) is 4.94. The molecule has 0 amide bonds. The lowest BCUT2D eigenvalue weighted by Gasteiger charge is -2.29. The summed E-state index contributed by atoms with van der Waals surface area (Å²) in [5.41, 5.74) is 2.56. The molecule has 7 heteroatoms. The summed E-state index contributed by atoms with van der Waals surface area (Å²) in [5, 5.41) is 0. The number of ether oxygens (including phenoxy) is 5. The number of carbonyl (C=O) groups excluding carboxylic acids is 1. The Hall–Kier alpha value is -3.03. The van der Waals surface area contributed by atoms with Gasteiger partial charge in [-0.05, 0) is 24.3 Å². The first-order valence-corrected chi connectivity index (χ1v) is 10.7. The fraction of sp³-hybridized carbons (Fsp3) is 0.208. The lowest BCUT2D eigenvalue weighted by atomic mass is 10.1. The van der Waals surface area contributed by atoms with E-state index in [-0.39, 0.29) is 13.2 Å². The zero-order valence-corrected chi connectivity index (χ0v) is 18.0. The maximum absolute atomic E-state index is 12.6. The zero-order chi connectivity index (χ0) is 21.2. The molecule has 0 radical (unpaired) electrons. The van der Waals surface area contributed by atoms with Crippen molar-refractivity contribution in [2.45, 2.75) is 25.6 Å². The third kappa shape index (κ3) is 4.24. The maximum Gasteiger partial charge on any atom is 0.351 e. The van der Waals surface area contributed by atoms with Crippen molar-refractivity contribution in [2.24, 2.45) is 0 Å². The molecular weight excluding hydrogens is 464 g/mol. The van der Waals surface area contributed by atoms with Crippen molar-refractivity contribution in [3.05, 3.63) is 87.9 Å². The molecule has 0 saturated carbocycles. The van der Waals surface area contributed by atoms with Crippen LogP contribution in [0.3, 0.4) is 0 Å². The predicted molar refractivity (Wildman–Crippen MR) is 115 cm³/mol. The van der Waals surface area contributed by atoms with Crippen molar-refractivity contribution in [1.29, 1.82) is 0 Å². The average molecular weight is 483 g/mol. The Kier molecular flexibility index (Phi) is 5.53. The van der Waals surface area contributed by atoms with E-state index in [0.29, 0.717) is 23.9 Å². The minimum absolute atomic E-state index is 0.0453. The van der Waals surface area contributed by atoms with E-state index in [0.717, 1.165) is 21.2 Å². The molecule has 0 fully saturated rings. The van der Waals surface area contributed by atoms with E-state index >= 15 is 0 Å². The highest BCUT2D eigenvalue weighted by Crippen LogP contribution is 2.38. The second-order valence-electron chi connectivity index (χ2n) is 7.20. The Morgan fingerprint density at radius 1 is 1.00 bits per heavy atom. The first-order chi connectivity index (χ1) is 15.2. The fourth-order valence-corrected chi connectivity index (χ4v) is 4.09. The summed E-state index contributed by atoms with van der Waals surface area (Å²) in [7, 11) is 0. The van der Waals surface area contributed by atoms with Crippen LogP contribution in [0.2, 0.25) is 0 Å². The maximum atomic E-state index is 12.6. The number of fused-ring (bicyclic) bond motifs is 2. The van der Waals surface area contributed by atoms with Gasteiger partial charge in [0.2, 0.25) is 12.4 Å². The third-order valence-corrected chi connectivity index (χ3v) is 5.49. The Morgan fingerprint density at radius 3 is 2.61 bits per heavy atom. The van der Waals surface area contributed by atoms with E-state index in [1.54, 1.807) is 12.1 Å². The summed E-state index contributed by atoms with van der Waals surface area (Å²) >= 11 is 3.51. The van der Waals surface area contributed by atoms with Gasteiger partial charge in [-0.1, -0.05) is 58.4 Å². The fourth-order valence-electron chi connectivity index (χ4n) is 3.54. The standard InChI is InChI=1S/C24H19BrO6/c25-18-10-16(12-28-23(26)21-14-27-19-8-4-5-9-20(19)30-21)22-17(11-18)13-29-24(31-22)15-6-2-1-3-7-15/h1-11,21,24H,12-14H2. The Labute approximate surface area is 187 Å². The molecule has 31 heavy (non-hydrogen) atoms. The molecule has 3 aromatic carbocycles. The van der Waals surface area contributed by atoms with Crippen LogP contribution in [0.25, 0.3) is 0 Å². The van der Waals surface area contributed by atoms with E-state index in [1.807, 2.05) is 54.6 Å². The number of esters is 1. The Bertz CT molecular complexity index is 1100. The van der Waals surface area contributed by atoms with Gasteiger partial charge in [0.15, 0.2) is 11.5 Å². The Morgan fingerprint density at radius 2 is 1.77 bits per heavy atom. The molecule has 6 nitrogen and oxygen atoms in total. The minimum atomic E-state index is -0.820. The first kappa shape index (κ1) is 19.9. The normalized spacial score (nSPS) is 19.1. The van der Waals surface area contributed by atoms with Crippen LogP contribution in [-0.4, -0.2) is 18.7 Å². The zero-order valence-electron chi connectivity index (χ0n) is 16.5. The summed E-state index contributed by atoms with van der Waals surface area (Å²) in [6.45, 7) is 0.544.